The highest BCUT2D eigenvalue weighted by molar-refractivity contribution is 5.75. The minimum Gasteiger partial charge on any atom is -0.481 e. The smallest absolute Gasteiger partial charge is 0.317 e. The zero-order chi connectivity index (χ0) is 13.1. The van der Waals surface area contributed by atoms with E-state index in [1.54, 1.807) is 0 Å². The van der Waals surface area contributed by atoms with Crippen LogP contribution in [0.25, 0.3) is 0 Å². The molecule has 0 atom stereocenters. The first-order valence-electron chi connectivity index (χ1n) is 5.97. The summed E-state index contributed by atoms with van der Waals surface area (Å²) in [7, 11) is 0. The molecular weight excluding hydrogens is 224 g/mol. The van der Waals surface area contributed by atoms with Gasteiger partial charge in [0, 0.05) is 19.6 Å². The Kier molecular flexibility index (Phi) is 9.14. The summed E-state index contributed by atoms with van der Waals surface area (Å²) in [4.78, 5) is 23.4. The molecule has 0 aliphatic rings. The SMILES string of the molecule is CCCCCN(CCO)C(=O)NCCC(=O)O. The molecule has 0 bridgehead atoms. The summed E-state index contributed by atoms with van der Waals surface area (Å²) >= 11 is 0. The fourth-order valence-electron chi connectivity index (χ4n) is 1.38. The van der Waals surface area contributed by atoms with Crippen molar-refractivity contribution in [2.75, 3.05) is 26.2 Å². The minimum atomic E-state index is -0.940. The van der Waals surface area contributed by atoms with E-state index in [2.05, 4.69) is 12.2 Å². The first-order valence-corrected chi connectivity index (χ1v) is 5.97. The molecule has 100 valence electrons. The Morgan fingerprint density at radius 2 is 1.94 bits per heavy atom. The van der Waals surface area contributed by atoms with Crippen LogP contribution in [0.15, 0.2) is 0 Å². The molecule has 3 N–H and O–H groups in total. The number of urea groups is 1. The number of nitrogens with one attached hydrogen (secondary N) is 1. The minimum absolute atomic E-state index is 0.0848. The van der Waals surface area contributed by atoms with Gasteiger partial charge in [-0.1, -0.05) is 19.8 Å². The third-order valence-corrected chi connectivity index (χ3v) is 2.30. The number of carboxylic acid groups (broad SMARTS) is 1. The Bertz CT molecular complexity index is 234. The van der Waals surface area contributed by atoms with Gasteiger partial charge in [-0.15, -0.1) is 0 Å². The molecular formula is C11H22N2O4. The molecule has 6 nitrogen and oxygen atoms in total. The Labute approximate surface area is 102 Å². The number of aliphatic hydroxyl groups is 1. The second-order valence-corrected chi connectivity index (χ2v) is 3.79. The van der Waals surface area contributed by atoms with Crippen molar-refractivity contribution in [3.8, 4) is 0 Å². The van der Waals surface area contributed by atoms with Gasteiger partial charge in [-0.25, -0.2) is 4.79 Å². The van der Waals surface area contributed by atoms with Crippen molar-refractivity contribution in [3.05, 3.63) is 0 Å². The van der Waals surface area contributed by atoms with E-state index in [-0.39, 0.29) is 32.1 Å². The van der Waals surface area contributed by atoms with E-state index in [1.165, 1.54) is 4.90 Å². The lowest BCUT2D eigenvalue weighted by Crippen LogP contribution is -2.42. The number of hydrogen-bond acceptors (Lipinski definition) is 3. The van der Waals surface area contributed by atoms with Crippen molar-refractivity contribution in [3.63, 3.8) is 0 Å². The van der Waals surface area contributed by atoms with Crippen LogP contribution >= 0.6 is 0 Å². The number of carbonyl (C=O) groups excluding carboxylic acids is 1. The van der Waals surface area contributed by atoms with Crippen molar-refractivity contribution in [1.82, 2.24) is 10.2 Å². The van der Waals surface area contributed by atoms with Crippen molar-refractivity contribution in [2.45, 2.75) is 32.6 Å². The first kappa shape index (κ1) is 15.7. The van der Waals surface area contributed by atoms with Crippen LogP contribution in [0.3, 0.4) is 0 Å². The molecule has 0 aromatic heterocycles. The molecule has 0 spiro atoms. The monoisotopic (exact) mass is 246 g/mol. The topological polar surface area (TPSA) is 89.9 Å². The zero-order valence-electron chi connectivity index (χ0n) is 10.3. The third-order valence-electron chi connectivity index (χ3n) is 2.30. The maximum atomic E-state index is 11.6. The van der Waals surface area contributed by atoms with Gasteiger partial charge in [0.15, 0.2) is 0 Å². The van der Waals surface area contributed by atoms with E-state index in [0.717, 1.165) is 19.3 Å². The van der Waals surface area contributed by atoms with Crippen LogP contribution in [0.5, 0.6) is 0 Å². The molecule has 17 heavy (non-hydrogen) atoms. The number of aliphatic carboxylic acids is 1. The van der Waals surface area contributed by atoms with Crippen LogP contribution in [-0.4, -0.2) is 53.4 Å². The van der Waals surface area contributed by atoms with Crippen molar-refractivity contribution in [2.24, 2.45) is 0 Å². The van der Waals surface area contributed by atoms with Crippen molar-refractivity contribution in [1.29, 1.82) is 0 Å². The fraction of sp³-hybridized carbons (Fsp3) is 0.818. The lowest BCUT2D eigenvalue weighted by molar-refractivity contribution is -0.136. The molecule has 0 aliphatic heterocycles. The molecule has 0 aromatic carbocycles. The molecule has 0 unspecified atom stereocenters. The standard InChI is InChI=1S/C11H22N2O4/c1-2-3-4-7-13(8-9-14)11(17)12-6-5-10(15)16/h14H,2-9H2,1H3,(H,12,17)(H,15,16). The molecule has 6 heteroatoms. The number of carbonyl (C=O) groups is 2. The quantitative estimate of drug-likeness (QED) is 0.521. The highest BCUT2D eigenvalue weighted by atomic mass is 16.4. The summed E-state index contributed by atoms with van der Waals surface area (Å²) in [5, 5.41) is 19.8. The zero-order valence-corrected chi connectivity index (χ0v) is 10.3. The van der Waals surface area contributed by atoms with E-state index in [4.69, 9.17) is 10.2 Å². The number of carboxylic acids is 1. The second-order valence-electron chi connectivity index (χ2n) is 3.79. The van der Waals surface area contributed by atoms with Gasteiger partial charge in [-0.3, -0.25) is 4.79 Å². The van der Waals surface area contributed by atoms with Gasteiger partial charge in [-0.05, 0) is 6.42 Å². The van der Waals surface area contributed by atoms with E-state index in [9.17, 15) is 9.59 Å². The number of amides is 2. The Balaban J connectivity index is 3.91. The van der Waals surface area contributed by atoms with E-state index in [0.29, 0.717) is 6.54 Å². The Hall–Kier alpha value is -1.30. The number of aliphatic hydroxyl groups excluding tert-OH is 1. The van der Waals surface area contributed by atoms with Crippen molar-refractivity contribution >= 4 is 12.0 Å². The second kappa shape index (κ2) is 9.89. The summed E-state index contributed by atoms with van der Waals surface area (Å²) in [6.45, 7) is 2.97. The lowest BCUT2D eigenvalue weighted by Gasteiger charge is -2.21. The normalized spacial score (nSPS) is 10.0. The average Bonchev–Trinajstić information content (AvgIpc) is 2.27. The maximum absolute atomic E-state index is 11.6. The summed E-state index contributed by atoms with van der Waals surface area (Å²) in [5.74, 6) is -0.940. The number of hydrogen-bond donors (Lipinski definition) is 3. The van der Waals surface area contributed by atoms with Gasteiger partial charge in [-0.2, -0.15) is 0 Å². The van der Waals surface area contributed by atoms with Gasteiger partial charge in [0.1, 0.15) is 0 Å². The van der Waals surface area contributed by atoms with Gasteiger partial charge < -0.3 is 20.4 Å². The molecule has 0 saturated heterocycles. The fourth-order valence-corrected chi connectivity index (χ4v) is 1.38. The molecule has 0 rings (SSSR count). The molecule has 0 saturated carbocycles. The van der Waals surface area contributed by atoms with Gasteiger partial charge in [0.2, 0.25) is 0 Å². The molecule has 0 aromatic rings. The number of unbranched alkanes of at least 4 members (excludes halogenated alkanes) is 2. The summed E-state index contributed by atoms with van der Waals surface area (Å²) < 4.78 is 0. The molecule has 0 fully saturated rings. The summed E-state index contributed by atoms with van der Waals surface area (Å²) in [5.41, 5.74) is 0. The molecule has 2 amide bonds. The third kappa shape index (κ3) is 8.50. The van der Waals surface area contributed by atoms with Crippen LogP contribution in [0, 0.1) is 0 Å². The van der Waals surface area contributed by atoms with Crippen LogP contribution in [0.1, 0.15) is 32.6 Å². The maximum Gasteiger partial charge on any atom is 0.317 e. The van der Waals surface area contributed by atoms with E-state index < -0.39 is 5.97 Å². The largest absolute Gasteiger partial charge is 0.481 e. The molecule has 0 radical (unpaired) electrons. The van der Waals surface area contributed by atoms with Gasteiger partial charge in [0.25, 0.3) is 0 Å². The van der Waals surface area contributed by atoms with Crippen molar-refractivity contribution < 1.29 is 19.8 Å². The lowest BCUT2D eigenvalue weighted by atomic mass is 10.2. The van der Waals surface area contributed by atoms with Crippen LogP contribution in [-0.2, 0) is 4.79 Å². The summed E-state index contributed by atoms with van der Waals surface area (Å²) in [6.07, 6.45) is 2.90. The van der Waals surface area contributed by atoms with Crippen LogP contribution in [0.2, 0.25) is 0 Å². The van der Waals surface area contributed by atoms with E-state index in [1.807, 2.05) is 0 Å². The van der Waals surface area contributed by atoms with Gasteiger partial charge >= 0.3 is 12.0 Å². The average molecular weight is 246 g/mol. The highest BCUT2D eigenvalue weighted by Gasteiger charge is 2.11. The van der Waals surface area contributed by atoms with Crippen LogP contribution in [0.4, 0.5) is 4.79 Å². The predicted molar refractivity (Wildman–Crippen MR) is 63.8 cm³/mol. The first-order chi connectivity index (χ1) is 8.11. The summed E-state index contributed by atoms with van der Waals surface area (Å²) in [6, 6.07) is -0.309. The predicted octanol–water partition coefficient (Wildman–Crippen LogP) is 0.655. The van der Waals surface area contributed by atoms with Gasteiger partial charge in [0.05, 0.1) is 13.0 Å². The molecule has 0 aliphatic carbocycles. The van der Waals surface area contributed by atoms with E-state index >= 15 is 0 Å². The number of nitrogens with zero attached hydrogens (tertiary/aromatic N) is 1. The Morgan fingerprint density at radius 1 is 1.24 bits per heavy atom. The Morgan fingerprint density at radius 3 is 2.47 bits per heavy atom. The highest BCUT2D eigenvalue weighted by Crippen LogP contribution is 1.98. The molecule has 0 heterocycles. The van der Waals surface area contributed by atoms with Crippen LogP contribution < -0.4 is 5.32 Å². The number of rotatable bonds is 9.